The van der Waals surface area contributed by atoms with E-state index in [1.165, 1.54) is 0 Å². The van der Waals surface area contributed by atoms with Crippen LogP contribution >= 0.6 is 0 Å². The monoisotopic (exact) mass is 203 g/mol. The van der Waals surface area contributed by atoms with Crippen LogP contribution in [-0.2, 0) is 0 Å². The number of pyridine rings is 1. The van der Waals surface area contributed by atoms with Crippen LogP contribution in [0.15, 0.2) is 18.3 Å². The summed E-state index contributed by atoms with van der Waals surface area (Å²) >= 11 is 0. The summed E-state index contributed by atoms with van der Waals surface area (Å²) in [7, 11) is 0. The highest BCUT2D eigenvalue weighted by Crippen LogP contribution is 2.29. The largest absolute Gasteiger partial charge is 0.396 e. The first-order valence-electron chi connectivity index (χ1n) is 5.05. The minimum absolute atomic E-state index is 0.282. The highest BCUT2D eigenvalue weighted by Gasteiger charge is 2.27. The fourth-order valence-electron chi connectivity index (χ4n) is 1.78. The van der Waals surface area contributed by atoms with Crippen LogP contribution in [0, 0.1) is 17.2 Å². The molecule has 1 saturated carbocycles. The molecule has 2 N–H and O–H groups in total. The molecule has 15 heavy (non-hydrogen) atoms. The van der Waals surface area contributed by atoms with Gasteiger partial charge in [0, 0.05) is 12.6 Å². The van der Waals surface area contributed by atoms with Crippen molar-refractivity contribution in [2.75, 3.05) is 11.9 Å². The van der Waals surface area contributed by atoms with E-state index < -0.39 is 0 Å². The van der Waals surface area contributed by atoms with E-state index in [2.05, 4.69) is 10.3 Å². The lowest BCUT2D eigenvalue weighted by atomic mass is 9.81. The molecule has 0 unspecified atom stereocenters. The fourth-order valence-corrected chi connectivity index (χ4v) is 1.78. The van der Waals surface area contributed by atoms with Crippen LogP contribution in [0.2, 0.25) is 0 Å². The molecule has 4 nitrogen and oxygen atoms in total. The first-order valence-corrected chi connectivity index (χ1v) is 5.05. The van der Waals surface area contributed by atoms with Crippen molar-refractivity contribution >= 4 is 5.69 Å². The number of aromatic nitrogens is 1. The Morgan fingerprint density at radius 2 is 2.33 bits per heavy atom. The minimum Gasteiger partial charge on any atom is -0.396 e. The Morgan fingerprint density at radius 1 is 1.53 bits per heavy atom. The lowest BCUT2D eigenvalue weighted by Crippen LogP contribution is -2.37. The maximum absolute atomic E-state index is 8.86. The van der Waals surface area contributed by atoms with Gasteiger partial charge >= 0.3 is 0 Å². The molecule has 1 aromatic rings. The molecule has 1 aromatic heterocycles. The number of anilines is 1. The van der Waals surface area contributed by atoms with E-state index in [4.69, 9.17) is 10.4 Å². The zero-order valence-corrected chi connectivity index (χ0v) is 8.35. The third-order valence-electron chi connectivity index (χ3n) is 2.74. The molecule has 0 bridgehead atoms. The summed E-state index contributed by atoms with van der Waals surface area (Å²) in [5.41, 5.74) is 1.37. The molecule has 78 valence electrons. The Bertz CT molecular complexity index is 362. The summed E-state index contributed by atoms with van der Waals surface area (Å²) in [6, 6.07) is 5.98. The van der Waals surface area contributed by atoms with E-state index in [0.29, 0.717) is 17.7 Å². The Labute approximate surface area is 88.6 Å². The van der Waals surface area contributed by atoms with Gasteiger partial charge in [0.15, 0.2) is 0 Å². The maximum atomic E-state index is 8.86. The molecule has 1 heterocycles. The Balaban J connectivity index is 1.87. The molecule has 0 saturated heterocycles. The summed E-state index contributed by atoms with van der Waals surface area (Å²) in [5.74, 6) is 0.453. The van der Waals surface area contributed by atoms with Gasteiger partial charge in [0.1, 0.15) is 11.8 Å². The number of hydrogen-bond acceptors (Lipinski definition) is 4. The number of hydrogen-bond donors (Lipinski definition) is 2. The van der Waals surface area contributed by atoms with Crippen LogP contribution in [0.5, 0.6) is 0 Å². The molecule has 2 rings (SSSR count). The summed E-state index contributed by atoms with van der Waals surface area (Å²) in [4.78, 5) is 3.97. The Morgan fingerprint density at radius 3 is 2.87 bits per heavy atom. The zero-order chi connectivity index (χ0) is 10.7. The predicted octanol–water partition coefficient (Wildman–Crippen LogP) is 1.14. The molecule has 1 fully saturated rings. The molecular weight excluding hydrogens is 190 g/mol. The van der Waals surface area contributed by atoms with Crippen LogP contribution in [0.1, 0.15) is 18.5 Å². The molecule has 0 atom stereocenters. The van der Waals surface area contributed by atoms with Crippen LogP contribution < -0.4 is 5.32 Å². The number of nitrogens with zero attached hydrogens (tertiary/aromatic N) is 2. The van der Waals surface area contributed by atoms with Crippen LogP contribution in [0.4, 0.5) is 5.69 Å². The topological polar surface area (TPSA) is 68.9 Å². The number of rotatable bonds is 3. The SMILES string of the molecule is N#Cc1ccc(NC2CC(CO)C2)cn1. The first-order chi connectivity index (χ1) is 7.31. The van der Waals surface area contributed by atoms with Crippen molar-refractivity contribution in [2.45, 2.75) is 18.9 Å². The van der Waals surface area contributed by atoms with E-state index in [0.717, 1.165) is 18.5 Å². The Kier molecular flexibility index (Phi) is 2.84. The van der Waals surface area contributed by atoms with Gasteiger partial charge in [0.05, 0.1) is 11.9 Å². The third-order valence-corrected chi connectivity index (χ3v) is 2.74. The second kappa shape index (κ2) is 4.28. The minimum atomic E-state index is 0.282. The molecule has 0 amide bonds. The smallest absolute Gasteiger partial charge is 0.140 e. The number of nitrogens with one attached hydrogen (secondary N) is 1. The second-order valence-corrected chi connectivity index (χ2v) is 3.91. The number of nitriles is 1. The Hall–Kier alpha value is -1.60. The zero-order valence-electron chi connectivity index (χ0n) is 8.35. The lowest BCUT2D eigenvalue weighted by molar-refractivity contribution is 0.151. The summed E-state index contributed by atoms with van der Waals surface area (Å²) in [6.07, 6.45) is 3.69. The average molecular weight is 203 g/mol. The van der Waals surface area contributed by atoms with Gasteiger partial charge < -0.3 is 10.4 Å². The third kappa shape index (κ3) is 2.25. The number of aliphatic hydroxyl groups is 1. The summed E-state index contributed by atoms with van der Waals surface area (Å²) in [5, 5.41) is 20.7. The molecule has 0 radical (unpaired) electrons. The van der Waals surface area contributed by atoms with Gasteiger partial charge in [0.2, 0.25) is 0 Å². The van der Waals surface area contributed by atoms with Crippen molar-refractivity contribution < 1.29 is 5.11 Å². The molecule has 0 aromatic carbocycles. The van der Waals surface area contributed by atoms with E-state index in [1.807, 2.05) is 12.1 Å². The van der Waals surface area contributed by atoms with Crippen molar-refractivity contribution in [3.63, 3.8) is 0 Å². The van der Waals surface area contributed by atoms with Crippen molar-refractivity contribution in [2.24, 2.45) is 5.92 Å². The molecule has 1 aliphatic rings. The standard InChI is InChI=1S/C11H13N3O/c12-5-9-1-2-10(6-13-9)14-11-3-8(4-11)7-15/h1-2,6,8,11,14-15H,3-4,7H2. The summed E-state index contributed by atoms with van der Waals surface area (Å²) < 4.78 is 0. The summed E-state index contributed by atoms with van der Waals surface area (Å²) in [6.45, 7) is 0.282. The lowest BCUT2D eigenvalue weighted by Gasteiger charge is -2.35. The normalized spacial score (nSPS) is 24.0. The fraction of sp³-hybridized carbons (Fsp3) is 0.455. The van der Waals surface area contributed by atoms with Crippen LogP contribution in [0.3, 0.4) is 0 Å². The molecule has 4 heteroatoms. The van der Waals surface area contributed by atoms with Gasteiger partial charge in [-0.3, -0.25) is 0 Å². The molecule has 1 aliphatic carbocycles. The maximum Gasteiger partial charge on any atom is 0.140 e. The van der Waals surface area contributed by atoms with Crippen LogP contribution in [-0.4, -0.2) is 22.7 Å². The van der Waals surface area contributed by atoms with Crippen molar-refractivity contribution in [1.82, 2.24) is 4.98 Å². The van der Waals surface area contributed by atoms with E-state index >= 15 is 0 Å². The first kappa shape index (κ1) is 9.94. The van der Waals surface area contributed by atoms with Gasteiger partial charge in [0.25, 0.3) is 0 Å². The van der Waals surface area contributed by atoms with E-state index in [9.17, 15) is 0 Å². The van der Waals surface area contributed by atoms with Gasteiger partial charge in [-0.15, -0.1) is 0 Å². The van der Waals surface area contributed by atoms with Crippen molar-refractivity contribution in [1.29, 1.82) is 5.26 Å². The average Bonchev–Trinajstić information content (AvgIpc) is 2.23. The predicted molar refractivity (Wildman–Crippen MR) is 56.2 cm³/mol. The quantitative estimate of drug-likeness (QED) is 0.772. The molecular formula is C11H13N3O. The molecule has 0 aliphatic heterocycles. The second-order valence-electron chi connectivity index (χ2n) is 3.91. The van der Waals surface area contributed by atoms with Gasteiger partial charge in [-0.05, 0) is 30.9 Å². The van der Waals surface area contributed by atoms with Crippen molar-refractivity contribution in [3.05, 3.63) is 24.0 Å². The van der Waals surface area contributed by atoms with Crippen LogP contribution in [0.25, 0.3) is 0 Å². The van der Waals surface area contributed by atoms with Gasteiger partial charge in [-0.2, -0.15) is 5.26 Å². The molecule has 0 spiro atoms. The van der Waals surface area contributed by atoms with Crippen molar-refractivity contribution in [3.8, 4) is 6.07 Å². The highest BCUT2D eigenvalue weighted by molar-refractivity contribution is 5.44. The highest BCUT2D eigenvalue weighted by atomic mass is 16.3. The van der Waals surface area contributed by atoms with E-state index in [1.54, 1.807) is 12.3 Å². The number of aliphatic hydroxyl groups excluding tert-OH is 1. The van der Waals surface area contributed by atoms with E-state index in [-0.39, 0.29) is 6.61 Å². The van der Waals surface area contributed by atoms with Gasteiger partial charge in [-0.1, -0.05) is 0 Å². The van der Waals surface area contributed by atoms with Gasteiger partial charge in [-0.25, -0.2) is 4.98 Å².